The molecule has 0 saturated carbocycles. The summed E-state index contributed by atoms with van der Waals surface area (Å²) in [5, 5.41) is 3.10. The van der Waals surface area contributed by atoms with Gasteiger partial charge in [0.15, 0.2) is 0 Å². The van der Waals surface area contributed by atoms with Crippen molar-refractivity contribution in [3.63, 3.8) is 0 Å². The van der Waals surface area contributed by atoms with E-state index in [1.165, 1.54) is 15.3 Å². The highest BCUT2D eigenvalue weighted by atomic mass is 79.9. The Morgan fingerprint density at radius 1 is 1.18 bits per heavy atom. The van der Waals surface area contributed by atoms with Crippen LogP contribution >= 0.6 is 27.3 Å². The van der Waals surface area contributed by atoms with Crippen molar-refractivity contribution in [2.75, 3.05) is 13.6 Å². The van der Waals surface area contributed by atoms with E-state index in [0.717, 1.165) is 11.0 Å². The second-order valence-electron chi connectivity index (χ2n) is 3.67. The van der Waals surface area contributed by atoms with Gasteiger partial charge >= 0.3 is 0 Å². The molecule has 0 saturated heterocycles. The lowest BCUT2D eigenvalue weighted by molar-refractivity contribution is 0.922. The van der Waals surface area contributed by atoms with E-state index in [1.54, 1.807) is 0 Å². The van der Waals surface area contributed by atoms with Crippen LogP contribution in [0.15, 0.2) is 46.9 Å². The first-order valence-electron chi connectivity index (χ1n) is 5.46. The molecule has 0 atom stereocenters. The number of thiophene rings is 1. The van der Waals surface area contributed by atoms with Gasteiger partial charge in [0.2, 0.25) is 0 Å². The van der Waals surface area contributed by atoms with E-state index in [9.17, 15) is 0 Å². The molecule has 0 unspecified atom stereocenters. The SMILES string of the molecule is CNCC=Cc1ccc(-c2ccc(Br)cc2)s1. The van der Waals surface area contributed by atoms with Crippen molar-refractivity contribution >= 4 is 33.3 Å². The summed E-state index contributed by atoms with van der Waals surface area (Å²) in [6.07, 6.45) is 4.29. The zero-order valence-electron chi connectivity index (χ0n) is 9.61. The highest BCUT2D eigenvalue weighted by molar-refractivity contribution is 9.10. The Labute approximate surface area is 114 Å². The van der Waals surface area contributed by atoms with Gasteiger partial charge in [0.1, 0.15) is 0 Å². The van der Waals surface area contributed by atoms with E-state index < -0.39 is 0 Å². The quantitative estimate of drug-likeness (QED) is 0.882. The molecule has 0 amide bonds. The summed E-state index contributed by atoms with van der Waals surface area (Å²) in [6, 6.07) is 12.8. The van der Waals surface area contributed by atoms with Crippen LogP contribution in [0.5, 0.6) is 0 Å². The molecule has 1 heterocycles. The van der Waals surface area contributed by atoms with Gasteiger partial charge in [0.25, 0.3) is 0 Å². The molecule has 1 aromatic heterocycles. The van der Waals surface area contributed by atoms with Gasteiger partial charge in [-0.05, 0) is 43.0 Å². The lowest BCUT2D eigenvalue weighted by Crippen LogP contribution is -2.03. The number of likely N-dealkylation sites (N-methyl/N-ethyl adjacent to an activating group) is 1. The molecule has 0 radical (unpaired) electrons. The van der Waals surface area contributed by atoms with Crippen LogP contribution in [-0.4, -0.2) is 13.6 Å². The third-order valence-corrected chi connectivity index (χ3v) is 3.99. The van der Waals surface area contributed by atoms with Crippen LogP contribution in [0.1, 0.15) is 4.88 Å². The number of halogens is 1. The minimum absolute atomic E-state index is 0.908. The summed E-state index contributed by atoms with van der Waals surface area (Å²) >= 11 is 5.26. The second-order valence-corrected chi connectivity index (χ2v) is 5.70. The van der Waals surface area contributed by atoms with E-state index in [1.807, 2.05) is 18.4 Å². The van der Waals surface area contributed by atoms with Gasteiger partial charge in [-0.25, -0.2) is 0 Å². The van der Waals surface area contributed by atoms with E-state index >= 15 is 0 Å². The molecule has 2 aromatic rings. The summed E-state index contributed by atoms with van der Waals surface area (Å²) in [6.45, 7) is 0.908. The van der Waals surface area contributed by atoms with E-state index in [2.05, 4.69) is 69.8 Å². The molecule has 0 aliphatic heterocycles. The van der Waals surface area contributed by atoms with Crippen LogP contribution in [0, 0.1) is 0 Å². The molecular formula is C14H14BrNS. The first kappa shape index (κ1) is 12.6. The average Bonchev–Trinajstić information content (AvgIpc) is 2.79. The van der Waals surface area contributed by atoms with Crippen molar-refractivity contribution in [1.29, 1.82) is 0 Å². The Bertz CT molecular complexity index is 499. The fourth-order valence-corrected chi connectivity index (χ4v) is 2.71. The van der Waals surface area contributed by atoms with Gasteiger partial charge in [-0.1, -0.05) is 34.1 Å². The minimum Gasteiger partial charge on any atom is -0.316 e. The van der Waals surface area contributed by atoms with Crippen LogP contribution in [0.3, 0.4) is 0 Å². The third kappa shape index (κ3) is 3.53. The molecule has 0 spiro atoms. The molecule has 0 aliphatic carbocycles. The standard InChI is InChI=1S/C14H14BrNS/c1-16-10-2-3-13-8-9-14(17-13)11-4-6-12(15)7-5-11/h2-9,16H,10H2,1H3. The maximum absolute atomic E-state index is 3.45. The molecule has 1 nitrogen and oxygen atoms in total. The van der Waals surface area contributed by atoms with Crippen molar-refractivity contribution in [3.05, 3.63) is 51.8 Å². The van der Waals surface area contributed by atoms with E-state index in [0.29, 0.717) is 0 Å². The number of hydrogen-bond donors (Lipinski definition) is 1. The van der Waals surface area contributed by atoms with Gasteiger partial charge in [-0.15, -0.1) is 11.3 Å². The van der Waals surface area contributed by atoms with Crippen LogP contribution in [-0.2, 0) is 0 Å². The molecule has 1 N–H and O–H groups in total. The van der Waals surface area contributed by atoms with Gasteiger partial charge in [-0.3, -0.25) is 0 Å². The topological polar surface area (TPSA) is 12.0 Å². The number of benzene rings is 1. The van der Waals surface area contributed by atoms with E-state index in [-0.39, 0.29) is 0 Å². The third-order valence-electron chi connectivity index (χ3n) is 2.36. The number of hydrogen-bond acceptors (Lipinski definition) is 2. The van der Waals surface area contributed by atoms with Gasteiger partial charge in [0.05, 0.1) is 0 Å². The van der Waals surface area contributed by atoms with Gasteiger partial charge in [0, 0.05) is 20.8 Å². The van der Waals surface area contributed by atoms with Crippen molar-refractivity contribution in [3.8, 4) is 10.4 Å². The monoisotopic (exact) mass is 307 g/mol. The molecule has 0 aliphatic rings. The van der Waals surface area contributed by atoms with Crippen LogP contribution in [0.4, 0.5) is 0 Å². The largest absolute Gasteiger partial charge is 0.316 e. The Morgan fingerprint density at radius 3 is 2.65 bits per heavy atom. The normalized spacial score (nSPS) is 11.2. The zero-order chi connectivity index (χ0) is 12.1. The highest BCUT2D eigenvalue weighted by Gasteiger charge is 2.00. The molecule has 2 rings (SSSR count). The summed E-state index contributed by atoms with van der Waals surface area (Å²) < 4.78 is 1.12. The second kappa shape index (κ2) is 6.15. The smallest absolute Gasteiger partial charge is 0.0349 e. The molecule has 88 valence electrons. The summed E-state index contributed by atoms with van der Waals surface area (Å²) in [7, 11) is 1.95. The minimum atomic E-state index is 0.908. The summed E-state index contributed by atoms with van der Waals surface area (Å²) in [4.78, 5) is 2.60. The molecule has 0 fully saturated rings. The fraction of sp³-hybridized carbons (Fsp3) is 0.143. The lowest BCUT2D eigenvalue weighted by Gasteiger charge is -1.96. The van der Waals surface area contributed by atoms with E-state index in [4.69, 9.17) is 0 Å². The lowest BCUT2D eigenvalue weighted by atomic mass is 10.2. The Morgan fingerprint density at radius 2 is 1.94 bits per heavy atom. The van der Waals surface area contributed by atoms with Crippen LogP contribution < -0.4 is 5.32 Å². The van der Waals surface area contributed by atoms with Crippen molar-refractivity contribution in [2.45, 2.75) is 0 Å². The Kier molecular flexibility index (Phi) is 4.54. The average molecular weight is 308 g/mol. The maximum atomic E-state index is 3.45. The van der Waals surface area contributed by atoms with Gasteiger partial charge < -0.3 is 5.32 Å². The Balaban J connectivity index is 2.15. The first-order valence-corrected chi connectivity index (χ1v) is 7.07. The molecular weight excluding hydrogens is 294 g/mol. The number of rotatable bonds is 4. The molecule has 17 heavy (non-hydrogen) atoms. The predicted molar refractivity (Wildman–Crippen MR) is 80.4 cm³/mol. The number of nitrogens with one attached hydrogen (secondary N) is 1. The van der Waals surface area contributed by atoms with Gasteiger partial charge in [-0.2, -0.15) is 0 Å². The fourth-order valence-electron chi connectivity index (χ4n) is 1.50. The predicted octanol–water partition coefficient (Wildman–Crippen LogP) is 4.41. The van der Waals surface area contributed by atoms with Crippen LogP contribution in [0.2, 0.25) is 0 Å². The summed E-state index contributed by atoms with van der Waals surface area (Å²) in [5.74, 6) is 0. The summed E-state index contributed by atoms with van der Waals surface area (Å²) in [5.41, 5.74) is 1.27. The van der Waals surface area contributed by atoms with Crippen LogP contribution in [0.25, 0.3) is 16.5 Å². The zero-order valence-corrected chi connectivity index (χ0v) is 12.0. The molecule has 0 bridgehead atoms. The van der Waals surface area contributed by atoms with Crippen molar-refractivity contribution in [1.82, 2.24) is 5.32 Å². The highest BCUT2D eigenvalue weighted by Crippen LogP contribution is 2.29. The van der Waals surface area contributed by atoms with Crippen molar-refractivity contribution in [2.24, 2.45) is 0 Å². The molecule has 1 aromatic carbocycles. The van der Waals surface area contributed by atoms with Crippen molar-refractivity contribution < 1.29 is 0 Å². The maximum Gasteiger partial charge on any atom is 0.0349 e. The first-order chi connectivity index (χ1) is 8.29. The molecule has 3 heteroatoms. The Hall–Kier alpha value is -0.900.